The number of amides is 1. The van der Waals surface area contributed by atoms with Crippen LogP contribution in [0.3, 0.4) is 0 Å². The van der Waals surface area contributed by atoms with Gasteiger partial charge in [0.2, 0.25) is 5.91 Å². The molecule has 1 heterocycles. The largest absolute Gasteiger partial charge is 0.339 e. The van der Waals surface area contributed by atoms with E-state index in [-0.39, 0.29) is 17.9 Å². The molecule has 0 bridgehead atoms. The first-order chi connectivity index (χ1) is 12.5. The molecule has 26 heavy (non-hydrogen) atoms. The van der Waals surface area contributed by atoms with Crippen LogP contribution in [0, 0.1) is 11.6 Å². The van der Waals surface area contributed by atoms with Crippen LogP contribution in [0.4, 0.5) is 8.78 Å². The maximum absolute atomic E-state index is 13.9. The van der Waals surface area contributed by atoms with Crippen LogP contribution in [0.2, 0.25) is 0 Å². The highest BCUT2D eigenvalue weighted by Gasteiger charge is 2.21. The fraction of sp³-hybridized carbons (Fsp3) is 0.222. The summed E-state index contributed by atoms with van der Waals surface area (Å²) in [5.41, 5.74) is 1.72. The SMILES string of the molecule is CC(c1cc(F)ccc1F)N(C)C(=O)Cc1ccc(-n2cnnn2)cc1. The fourth-order valence-electron chi connectivity index (χ4n) is 2.60. The van der Waals surface area contributed by atoms with Crippen molar-refractivity contribution in [3.63, 3.8) is 0 Å². The van der Waals surface area contributed by atoms with Gasteiger partial charge < -0.3 is 4.90 Å². The first-order valence-corrected chi connectivity index (χ1v) is 7.98. The molecular formula is C18H17F2N5O. The van der Waals surface area contributed by atoms with Gasteiger partial charge >= 0.3 is 0 Å². The molecule has 3 aromatic rings. The number of hydrogen-bond donors (Lipinski definition) is 0. The summed E-state index contributed by atoms with van der Waals surface area (Å²) in [7, 11) is 1.58. The summed E-state index contributed by atoms with van der Waals surface area (Å²) in [6, 6.07) is 9.86. The topological polar surface area (TPSA) is 63.9 Å². The summed E-state index contributed by atoms with van der Waals surface area (Å²) in [6.45, 7) is 1.66. The number of aromatic nitrogens is 4. The third kappa shape index (κ3) is 3.74. The smallest absolute Gasteiger partial charge is 0.227 e. The Morgan fingerprint density at radius 3 is 2.58 bits per heavy atom. The molecule has 0 aliphatic carbocycles. The van der Waals surface area contributed by atoms with E-state index in [0.29, 0.717) is 0 Å². The minimum Gasteiger partial charge on any atom is -0.339 e. The molecule has 6 nitrogen and oxygen atoms in total. The van der Waals surface area contributed by atoms with E-state index in [1.54, 1.807) is 38.2 Å². The van der Waals surface area contributed by atoms with E-state index in [1.807, 2.05) is 0 Å². The normalized spacial score (nSPS) is 12.0. The fourth-order valence-corrected chi connectivity index (χ4v) is 2.60. The Morgan fingerprint density at radius 2 is 1.92 bits per heavy atom. The molecule has 1 atom stereocenters. The first-order valence-electron chi connectivity index (χ1n) is 7.98. The van der Waals surface area contributed by atoms with Gasteiger partial charge in [-0.2, -0.15) is 0 Å². The van der Waals surface area contributed by atoms with Gasteiger partial charge in [0.25, 0.3) is 0 Å². The zero-order valence-electron chi connectivity index (χ0n) is 14.3. The number of likely N-dealkylation sites (N-methyl/N-ethyl adjacent to an activating group) is 1. The molecule has 8 heteroatoms. The maximum Gasteiger partial charge on any atom is 0.227 e. The third-order valence-corrected chi connectivity index (χ3v) is 4.29. The van der Waals surface area contributed by atoms with E-state index in [0.717, 1.165) is 29.4 Å². The van der Waals surface area contributed by atoms with Gasteiger partial charge in [-0.15, -0.1) is 5.10 Å². The Labute approximate surface area is 149 Å². The Bertz CT molecular complexity index is 896. The van der Waals surface area contributed by atoms with Crippen LogP contribution in [0.1, 0.15) is 24.1 Å². The number of nitrogens with zero attached hydrogens (tertiary/aromatic N) is 5. The van der Waals surface area contributed by atoms with Crippen LogP contribution in [0.5, 0.6) is 0 Å². The lowest BCUT2D eigenvalue weighted by molar-refractivity contribution is -0.131. The highest BCUT2D eigenvalue weighted by Crippen LogP contribution is 2.23. The summed E-state index contributed by atoms with van der Waals surface area (Å²) >= 11 is 0. The van der Waals surface area contributed by atoms with E-state index in [1.165, 1.54) is 15.9 Å². The lowest BCUT2D eigenvalue weighted by Gasteiger charge is -2.26. The molecule has 1 aromatic heterocycles. The van der Waals surface area contributed by atoms with Crippen LogP contribution >= 0.6 is 0 Å². The van der Waals surface area contributed by atoms with E-state index in [9.17, 15) is 13.6 Å². The van der Waals surface area contributed by atoms with Gasteiger partial charge in [-0.25, -0.2) is 13.5 Å². The van der Waals surface area contributed by atoms with Crippen LogP contribution < -0.4 is 0 Å². The highest BCUT2D eigenvalue weighted by atomic mass is 19.1. The van der Waals surface area contributed by atoms with Gasteiger partial charge in [0.1, 0.15) is 18.0 Å². The number of rotatable bonds is 5. The number of hydrogen-bond acceptors (Lipinski definition) is 4. The molecule has 0 N–H and O–H groups in total. The second-order valence-electron chi connectivity index (χ2n) is 5.94. The molecule has 0 radical (unpaired) electrons. The number of benzene rings is 2. The van der Waals surface area contributed by atoms with E-state index in [2.05, 4.69) is 15.5 Å². The van der Waals surface area contributed by atoms with E-state index in [4.69, 9.17) is 0 Å². The Kier molecular flexibility index (Phi) is 5.01. The van der Waals surface area contributed by atoms with Crippen molar-refractivity contribution in [1.29, 1.82) is 0 Å². The minimum absolute atomic E-state index is 0.146. The van der Waals surface area contributed by atoms with Crippen molar-refractivity contribution in [2.45, 2.75) is 19.4 Å². The van der Waals surface area contributed by atoms with Crippen LogP contribution in [-0.4, -0.2) is 38.1 Å². The molecule has 3 rings (SSSR count). The molecule has 0 spiro atoms. The molecule has 0 aliphatic heterocycles. The van der Waals surface area contributed by atoms with Crippen molar-refractivity contribution >= 4 is 5.91 Å². The predicted octanol–water partition coefficient (Wildman–Crippen LogP) is 2.70. The first kappa shape index (κ1) is 17.7. The zero-order chi connectivity index (χ0) is 18.7. The molecule has 0 saturated heterocycles. The van der Waals surface area contributed by atoms with Crippen molar-refractivity contribution in [3.8, 4) is 5.69 Å². The van der Waals surface area contributed by atoms with E-state index >= 15 is 0 Å². The molecule has 0 fully saturated rings. The van der Waals surface area contributed by atoms with Gasteiger partial charge in [-0.3, -0.25) is 4.79 Å². The van der Waals surface area contributed by atoms with Crippen molar-refractivity contribution in [3.05, 3.63) is 71.6 Å². The van der Waals surface area contributed by atoms with Crippen molar-refractivity contribution in [1.82, 2.24) is 25.1 Å². The molecule has 2 aromatic carbocycles. The lowest BCUT2D eigenvalue weighted by atomic mass is 10.0. The van der Waals surface area contributed by atoms with Gasteiger partial charge in [-0.1, -0.05) is 12.1 Å². The standard InChI is InChI=1S/C18H17F2N5O/c1-12(16-10-14(19)5-8-17(16)20)24(2)18(26)9-13-3-6-15(7-4-13)25-11-21-22-23-25/h3-8,10-12H,9H2,1-2H3. The molecular weight excluding hydrogens is 340 g/mol. The Balaban J connectivity index is 1.70. The minimum atomic E-state index is -0.585. The second-order valence-corrected chi connectivity index (χ2v) is 5.94. The Hall–Kier alpha value is -3.16. The van der Waals surface area contributed by atoms with Crippen LogP contribution in [-0.2, 0) is 11.2 Å². The highest BCUT2D eigenvalue weighted by molar-refractivity contribution is 5.79. The van der Waals surface area contributed by atoms with Crippen molar-refractivity contribution in [2.24, 2.45) is 0 Å². The summed E-state index contributed by atoms with van der Waals surface area (Å²) in [4.78, 5) is 13.9. The number of tetrazole rings is 1. The number of carbonyl (C=O) groups excluding carboxylic acids is 1. The zero-order valence-corrected chi connectivity index (χ0v) is 14.3. The van der Waals surface area contributed by atoms with Gasteiger partial charge in [0.15, 0.2) is 0 Å². The summed E-state index contributed by atoms with van der Waals surface area (Å²) < 4.78 is 28.8. The molecule has 0 aliphatic rings. The van der Waals surface area contributed by atoms with Crippen molar-refractivity contribution in [2.75, 3.05) is 7.05 Å². The average Bonchev–Trinajstić information content (AvgIpc) is 3.18. The van der Waals surface area contributed by atoms with Gasteiger partial charge in [-0.05, 0) is 53.2 Å². The number of halogens is 2. The summed E-state index contributed by atoms with van der Waals surface area (Å²) in [5, 5.41) is 10.9. The molecule has 134 valence electrons. The average molecular weight is 357 g/mol. The summed E-state index contributed by atoms with van der Waals surface area (Å²) in [5.74, 6) is -1.27. The summed E-state index contributed by atoms with van der Waals surface area (Å²) in [6.07, 6.45) is 1.62. The van der Waals surface area contributed by atoms with E-state index < -0.39 is 17.7 Å². The van der Waals surface area contributed by atoms with Gasteiger partial charge in [0, 0.05) is 12.6 Å². The van der Waals surface area contributed by atoms with Crippen LogP contribution in [0.25, 0.3) is 5.69 Å². The monoisotopic (exact) mass is 357 g/mol. The lowest BCUT2D eigenvalue weighted by Crippen LogP contribution is -2.31. The molecule has 0 saturated carbocycles. The maximum atomic E-state index is 13.9. The Morgan fingerprint density at radius 1 is 1.19 bits per heavy atom. The number of carbonyl (C=O) groups is 1. The third-order valence-electron chi connectivity index (χ3n) is 4.29. The van der Waals surface area contributed by atoms with Gasteiger partial charge in [0.05, 0.1) is 18.2 Å². The second kappa shape index (κ2) is 7.38. The van der Waals surface area contributed by atoms with Crippen LogP contribution in [0.15, 0.2) is 48.8 Å². The van der Waals surface area contributed by atoms with Crippen molar-refractivity contribution < 1.29 is 13.6 Å². The predicted molar refractivity (Wildman–Crippen MR) is 90.4 cm³/mol. The molecule has 1 unspecified atom stereocenters. The molecule has 1 amide bonds. The quantitative estimate of drug-likeness (QED) is 0.704.